The minimum absolute atomic E-state index is 0.0156. The van der Waals surface area contributed by atoms with Crippen LogP contribution in [0.1, 0.15) is 35.8 Å². The Bertz CT molecular complexity index is 1170. The zero-order valence-corrected chi connectivity index (χ0v) is 17.9. The molecule has 7 nitrogen and oxygen atoms in total. The molecule has 1 saturated carbocycles. The third kappa shape index (κ3) is 3.50. The van der Waals surface area contributed by atoms with E-state index in [1.807, 2.05) is 30.3 Å². The van der Waals surface area contributed by atoms with Gasteiger partial charge in [-0.3, -0.25) is 4.90 Å². The number of nitrogens with zero attached hydrogens (tertiary/aromatic N) is 2. The normalized spacial score (nSPS) is 18.3. The second kappa shape index (κ2) is 8.60. The number of anilines is 1. The number of esters is 2. The summed E-state index contributed by atoms with van der Waals surface area (Å²) in [6.45, 7) is 0. The molecule has 0 spiro atoms. The number of ether oxygens (including phenoxy) is 2. The molecule has 0 amide bonds. The Morgan fingerprint density at radius 2 is 1.62 bits per heavy atom. The fourth-order valence-corrected chi connectivity index (χ4v) is 4.19. The van der Waals surface area contributed by atoms with Crippen molar-refractivity contribution in [2.75, 3.05) is 19.1 Å². The van der Waals surface area contributed by atoms with Gasteiger partial charge in [-0.2, -0.15) is 5.26 Å². The molecule has 1 fully saturated rings. The Kier molecular flexibility index (Phi) is 5.69. The van der Waals surface area contributed by atoms with E-state index in [2.05, 4.69) is 6.07 Å². The Morgan fingerprint density at radius 1 is 1.00 bits per heavy atom. The fraction of sp³-hybridized carbons (Fsp3) is 0.240. The molecule has 2 N–H and O–H groups in total. The smallest absolute Gasteiger partial charge is 0.355 e. The van der Waals surface area contributed by atoms with Gasteiger partial charge in [0, 0.05) is 0 Å². The van der Waals surface area contributed by atoms with Crippen molar-refractivity contribution in [3.05, 3.63) is 88.4 Å². The van der Waals surface area contributed by atoms with Gasteiger partial charge in [-0.05, 0) is 36.0 Å². The highest BCUT2D eigenvalue weighted by molar-refractivity contribution is 6.06. The maximum atomic E-state index is 13.1. The van der Waals surface area contributed by atoms with Crippen LogP contribution in [-0.2, 0) is 19.1 Å². The first-order valence-electron chi connectivity index (χ1n) is 10.3. The minimum Gasteiger partial charge on any atom is -0.466 e. The number of benzene rings is 2. The summed E-state index contributed by atoms with van der Waals surface area (Å²) < 4.78 is 10.1. The predicted octanol–water partition coefficient (Wildman–Crippen LogP) is 3.46. The maximum Gasteiger partial charge on any atom is 0.355 e. The summed E-state index contributed by atoms with van der Waals surface area (Å²) in [7, 11) is 2.48. The molecule has 1 atom stereocenters. The van der Waals surface area contributed by atoms with Gasteiger partial charge in [-0.1, -0.05) is 48.5 Å². The summed E-state index contributed by atoms with van der Waals surface area (Å²) in [5.41, 5.74) is 8.98. The summed E-state index contributed by atoms with van der Waals surface area (Å²) >= 11 is 0. The van der Waals surface area contributed by atoms with Gasteiger partial charge in [0.15, 0.2) is 0 Å². The Balaban J connectivity index is 2.06. The summed E-state index contributed by atoms with van der Waals surface area (Å²) in [5.74, 6) is -1.92. The van der Waals surface area contributed by atoms with E-state index in [-0.39, 0.29) is 22.7 Å². The summed E-state index contributed by atoms with van der Waals surface area (Å²) in [4.78, 5) is 27.7. The highest BCUT2D eigenvalue weighted by Gasteiger charge is 2.44. The molecule has 0 bridgehead atoms. The third-order valence-electron chi connectivity index (χ3n) is 5.81. The van der Waals surface area contributed by atoms with Crippen LogP contribution in [0.4, 0.5) is 5.69 Å². The van der Waals surface area contributed by atoms with Crippen molar-refractivity contribution in [3.63, 3.8) is 0 Å². The van der Waals surface area contributed by atoms with E-state index < -0.39 is 17.9 Å². The van der Waals surface area contributed by atoms with Crippen molar-refractivity contribution in [1.29, 1.82) is 5.26 Å². The molecule has 0 saturated heterocycles. The average Bonchev–Trinajstić information content (AvgIpc) is 3.68. The summed E-state index contributed by atoms with van der Waals surface area (Å²) in [6, 6.07) is 18.7. The van der Waals surface area contributed by atoms with Crippen molar-refractivity contribution in [3.8, 4) is 6.07 Å². The van der Waals surface area contributed by atoms with Crippen LogP contribution < -0.4 is 10.6 Å². The van der Waals surface area contributed by atoms with Crippen molar-refractivity contribution in [2.45, 2.75) is 24.7 Å². The second-order valence-electron chi connectivity index (χ2n) is 7.67. The van der Waals surface area contributed by atoms with Gasteiger partial charge in [0.2, 0.25) is 0 Å². The van der Waals surface area contributed by atoms with Gasteiger partial charge >= 0.3 is 11.9 Å². The van der Waals surface area contributed by atoms with E-state index in [0.717, 1.165) is 18.4 Å². The van der Waals surface area contributed by atoms with Crippen LogP contribution >= 0.6 is 0 Å². The number of carbonyl (C=O) groups is 2. The van der Waals surface area contributed by atoms with Gasteiger partial charge < -0.3 is 15.2 Å². The summed E-state index contributed by atoms with van der Waals surface area (Å²) in [5, 5.41) is 10.1. The van der Waals surface area contributed by atoms with Crippen molar-refractivity contribution in [2.24, 2.45) is 5.73 Å². The number of hydrogen-bond acceptors (Lipinski definition) is 7. The van der Waals surface area contributed by atoms with Gasteiger partial charge in [0.05, 0.1) is 43.0 Å². The molecular weight excluding hydrogens is 406 g/mol. The number of nitrogens with two attached hydrogens (primary N) is 1. The molecule has 7 heteroatoms. The quantitative estimate of drug-likeness (QED) is 0.726. The molecule has 2 aliphatic rings. The number of carbonyl (C=O) groups excluding carboxylic acids is 2. The average molecular weight is 429 g/mol. The van der Waals surface area contributed by atoms with E-state index in [1.54, 1.807) is 24.3 Å². The van der Waals surface area contributed by atoms with Crippen LogP contribution in [0.15, 0.2) is 77.3 Å². The monoisotopic (exact) mass is 429 g/mol. The third-order valence-corrected chi connectivity index (χ3v) is 5.81. The lowest BCUT2D eigenvalue weighted by Crippen LogP contribution is -2.41. The molecule has 4 rings (SSSR count). The molecule has 1 aliphatic carbocycles. The van der Waals surface area contributed by atoms with E-state index in [1.165, 1.54) is 19.1 Å². The maximum absolute atomic E-state index is 13.1. The molecule has 32 heavy (non-hydrogen) atoms. The highest BCUT2D eigenvalue weighted by atomic mass is 16.5. The minimum atomic E-state index is -0.868. The molecule has 0 aromatic heterocycles. The van der Waals surface area contributed by atoms with Crippen molar-refractivity contribution in [1.82, 2.24) is 0 Å². The van der Waals surface area contributed by atoms with Gasteiger partial charge in [-0.15, -0.1) is 0 Å². The Hall–Kier alpha value is -4.05. The van der Waals surface area contributed by atoms with Gasteiger partial charge in [0.1, 0.15) is 11.5 Å². The zero-order valence-electron chi connectivity index (χ0n) is 17.9. The molecule has 2 aromatic rings. The predicted molar refractivity (Wildman–Crippen MR) is 118 cm³/mol. The standard InChI is InChI=1S/C25H23N3O4/c1-31-24(29)21-20(16-8-4-3-5-9-16)18(14-26)23(27)28(22(21)25(30)32-2)19-11-7-6-10-17(19)15-12-13-15/h3-11,15,20H,12-13,27H2,1-2H3. The lowest BCUT2D eigenvalue weighted by molar-refractivity contribution is -0.139. The Labute approximate surface area is 186 Å². The van der Waals surface area contributed by atoms with Crippen molar-refractivity contribution < 1.29 is 19.1 Å². The molecule has 162 valence electrons. The fourth-order valence-electron chi connectivity index (χ4n) is 4.19. The zero-order chi connectivity index (χ0) is 22.8. The molecule has 1 unspecified atom stereocenters. The number of para-hydroxylation sites is 1. The van der Waals surface area contributed by atoms with Crippen LogP contribution in [0.5, 0.6) is 0 Å². The first kappa shape index (κ1) is 21.2. The van der Waals surface area contributed by atoms with Crippen molar-refractivity contribution >= 4 is 17.6 Å². The first-order chi connectivity index (χ1) is 15.5. The van der Waals surface area contributed by atoms with E-state index >= 15 is 0 Å². The van der Waals surface area contributed by atoms with Gasteiger partial charge in [0.25, 0.3) is 0 Å². The van der Waals surface area contributed by atoms with E-state index in [4.69, 9.17) is 15.2 Å². The summed E-state index contributed by atoms with van der Waals surface area (Å²) in [6.07, 6.45) is 2.04. The highest BCUT2D eigenvalue weighted by Crippen LogP contribution is 2.48. The lowest BCUT2D eigenvalue weighted by Gasteiger charge is -2.36. The number of rotatable bonds is 5. The van der Waals surface area contributed by atoms with E-state index in [0.29, 0.717) is 17.2 Å². The van der Waals surface area contributed by atoms with Crippen LogP contribution in [0, 0.1) is 11.3 Å². The Morgan fingerprint density at radius 3 is 2.22 bits per heavy atom. The van der Waals surface area contributed by atoms with Crippen LogP contribution in [0.3, 0.4) is 0 Å². The largest absolute Gasteiger partial charge is 0.466 e. The molecule has 1 heterocycles. The molecule has 2 aromatic carbocycles. The number of methoxy groups -OCH3 is 2. The van der Waals surface area contributed by atoms with Crippen LogP contribution in [0.25, 0.3) is 0 Å². The number of allylic oxidation sites excluding steroid dienone is 1. The molecular formula is C25H23N3O4. The lowest BCUT2D eigenvalue weighted by atomic mass is 9.80. The molecule has 0 radical (unpaired) electrons. The van der Waals surface area contributed by atoms with Crippen LogP contribution in [-0.4, -0.2) is 26.2 Å². The first-order valence-corrected chi connectivity index (χ1v) is 10.3. The topological polar surface area (TPSA) is 106 Å². The SMILES string of the molecule is COC(=O)C1=C(C(=O)OC)N(c2ccccc2C2CC2)C(N)=C(C#N)C1c1ccccc1. The molecule has 1 aliphatic heterocycles. The number of hydrogen-bond donors (Lipinski definition) is 1. The van der Waals surface area contributed by atoms with Crippen LogP contribution in [0.2, 0.25) is 0 Å². The van der Waals surface area contributed by atoms with E-state index in [9.17, 15) is 14.9 Å². The second-order valence-corrected chi connectivity index (χ2v) is 7.67. The van der Waals surface area contributed by atoms with Gasteiger partial charge in [-0.25, -0.2) is 9.59 Å². The number of nitriles is 1.